The number of hydrogen-bond acceptors (Lipinski definition) is 3. The molecular formula is C15H29NO3. The Kier molecular flexibility index (Phi) is 8.68. The Balaban J connectivity index is 4.34. The van der Waals surface area contributed by atoms with Gasteiger partial charge < -0.3 is 19.5 Å². The Morgan fingerprint density at radius 2 is 2.00 bits per heavy atom. The second-order valence-corrected chi connectivity index (χ2v) is 5.74. The van der Waals surface area contributed by atoms with Crippen molar-refractivity contribution in [1.82, 2.24) is 0 Å². The molecule has 0 fully saturated rings. The van der Waals surface area contributed by atoms with Crippen molar-refractivity contribution in [3.8, 4) is 0 Å². The smallest absolute Gasteiger partial charge is 0.129 e. The molecule has 0 aliphatic rings. The van der Waals surface area contributed by atoms with E-state index in [1.807, 2.05) is 34.0 Å². The molecule has 0 aromatic heterocycles. The van der Waals surface area contributed by atoms with Crippen LogP contribution in [-0.2, 0) is 4.79 Å². The molecule has 4 heteroatoms. The largest absolute Gasteiger partial charge is 0.544 e. The number of allylic oxidation sites excluding steroid dienone is 2. The average molecular weight is 271 g/mol. The SMILES string of the molecule is C/C=C/CCCC(O)C[N+](C)(C)C(CCC)C(=O)[O-]. The zero-order valence-electron chi connectivity index (χ0n) is 12.8. The molecule has 0 aliphatic carbocycles. The van der Waals surface area contributed by atoms with Crippen LogP contribution >= 0.6 is 0 Å². The lowest BCUT2D eigenvalue weighted by Crippen LogP contribution is -2.59. The summed E-state index contributed by atoms with van der Waals surface area (Å²) in [4.78, 5) is 11.2. The Hall–Kier alpha value is -0.870. The van der Waals surface area contributed by atoms with E-state index in [0.29, 0.717) is 19.4 Å². The third kappa shape index (κ3) is 7.33. The quantitative estimate of drug-likeness (QED) is 0.367. The van der Waals surface area contributed by atoms with Crippen LogP contribution in [0.3, 0.4) is 0 Å². The molecule has 0 bridgehead atoms. The van der Waals surface area contributed by atoms with Crippen LogP contribution in [0, 0.1) is 0 Å². The second kappa shape index (κ2) is 9.10. The van der Waals surface area contributed by atoms with Crippen LogP contribution in [0.15, 0.2) is 12.2 Å². The lowest BCUT2D eigenvalue weighted by molar-refractivity contribution is -0.911. The fourth-order valence-electron chi connectivity index (χ4n) is 2.43. The van der Waals surface area contributed by atoms with E-state index in [4.69, 9.17) is 0 Å². The van der Waals surface area contributed by atoms with Gasteiger partial charge in [-0.25, -0.2) is 0 Å². The van der Waals surface area contributed by atoms with E-state index < -0.39 is 18.1 Å². The number of carboxylic acids is 1. The summed E-state index contributed by atoms with van der Waals surface area (Å²) in [6.07, 6.45) is 7.60. The van der Waals surface area contributed by atoms with Gasteiger partial charge in [0.1, 0.15) is 18.7 Å². The van der Waals surface area contributed by atoms with Crippen LogP contribution in [0.25, 0.3) is 0 Å². The van der Waals surface area contributed by atoms with Crippen LogP contribution in [0.1, 0.15) is 46.0 Å². The van der Waals surface area contributed by atoms with Crippen molar-refractivity contribution in [1.29, 1.82) is 0 Å². The van der Waals surface area contributed by atoms with Gasteiger partial charge >= 0.3 is 0 Å². The van der Waals surface area contributed by atoms with Crippen LogP contribution in [0.2, 0.25) is 0 Å². The summed E-state index contributed by atoms with van der Waals surface area (Å²) in [6, 6.07) is -0.546. The lowest BCUT2D eigenvalue weighted by Gasteiger charge is -2.39. The van der Waals surface area contributed by atoms with E-state index in [1.54, 1.807) is 0 Å². The number of carbonyl (C=O) groups excluding carboxylic acids is 1. The summed E-state index contributed by atoms with van der Waals surface area (Å²) in [5, 5.41) is 21.2. The zero-order chi connectivity index (χ0) is 14.9. The Morgan fingerprint density at radius 1 is 1.37 bits per heavy atom. The van der Waals surface area contributed by atoms with Crippen molar-refractivity contribution >= 4 is 5.97 Å². The van der Waals surface area contributed by atoms with Gasteiger partial charge in [0, 0.05) is 6.42 Å². The molecule has 0 radical (unpaired) electrons. The third-order valence-corrected chi connectivity index (χ3v) is 3.50. The normalized spacial score (nSPS) is 15.6. The fraction of sp³-hybridized carbons (Fsp3) is 0.800. The van der Waals surface area contributed by atoms with E-state index in [-0.39, 0.29) is 4.48 Å². The monoisotopic (exact) mass is 271 g/mol. The van der Waals surface area contributed by atoms with Crippen molar-refractivity contribution in [3.05, 3.63) is 12.2 Å². The van der Waals surface area contributed by atoms with Crippen LogP contribution < -0.4 is 5.11 Å². The number of aliphatic hydroxyl groups is 1. The highest BCUT2D eigenvalue weighted by Gasteiger charge is 2.30. The predicted molar refractivity (Wildman–Crippen MR) is 75.4 cm³/mol. The molecule has 0 rings (SSSR count). The number of nitrogens with zero attached hydrogens (tertiary/aromatic N) is 1. The number of aliphatic carboxylic acids is 1. The number of carbonyl (C=O) groups is 1. The van der Waals surface area contributed by atoms with Crippen LogP contribution in [-0.4, -0.2) is 48.3 Å². The summed E-state index contributed by atoms with van der Waals surface area (Å²) >= 11 is 0. The molecule has 0 saturated heterocycles. The summed E-state index contributed by atoms with van der Waals surface area (Å²) in [5.74, 6) is -1.02. The van der Waals surface area contributed by atoms with Crippen molar-refractivity contribution < 1.29 is 19.5 Å². The van der Waals surface area contributed by atoms with Gasteiger partial charge in [0.05, 0.1) is 20.1 Å². The van der Waals surface area contributed by atoms with E-state index >= 15 is 0 Å². The molecule has 0 aromatic carbocycles. The average Bonchev–Trinajstić information content (AvgIpc) is 2.30. The lowest BCUT2D eigenvalue weighted by atomic mass is 10.1. The molecule has 4 nitrogen and oxygen atoms in total. The first-order valence-electron chi connectivity index (χ1n) is 7.17. The maximum Gasteiger partial charge on any atom is 0.129 e. The molecule has 2 atom stereocenters. The van der Waals surface area contributed by atoms with Gasteiger partial charge in [-0.15, -0.1) is 0 Å². The van der Waals surface area contributed by atoms with Gasteiger partial charge in [0.15, 0.2) is 0 Å². The Bertz CT molecular complexity index is 287. The molecular weight excluding hydrogens is 242 g/mol. The summed E-state index contributed by atoms with van der Waals surface area (Å²) in [7, 11) is 3.70. The number of likely N-dealkylation sites (N-methyl/N-ethyl adjacent to an activating group) is 1. The molecule has 0 aliphatic heterocycles. The molecule has 0 amide bonds. The number of carboxylic acid groups (broad SMARTS) is 1. The van der Waals surface area contributed by atoms with Crippen molar-refractivity contribution in [2.75, 3.05) is 20.6 Å². The van der Waals surface area contributed by atoms with E-state index in [0.717, 1.165) is 19.3 Å². The first-order valence-corrected chi connectivity index (χ1v) is 7.17. The van der Waals surface area contributed by atoms with Crippen LogP contribution in [0.5, 0.6) is 0 Å². The zero-order valence-corrected chi connectivity index (χ0v) is 12.8. The predicted octanol–water partition coefficient (Wildman–Crippen LogP) is 1.09. The summed E-state index contributed by atoms with van der Waals surface area (Å²) in [6.45, 7) is 4.39. The molecule has 0 aromatic rings. The second-order valence-electron chi connectivity index (χ2n) is 5.74. The van der Waals surface area contributed by atoms with Crippen molar-refractivity contribution in [2.45, 2.75) is 58.1 Å². The molecule has 1 N–H and O–H groups in total. The number of unbranched alkanes of at least 4 members (excludes halogenated alkanes) is 1. The number of aliphatic hydroxyl groups excluding tert-OH is 1. The molecule has 112 valence electrons. The highest BCUT2D eigenvalue weighted by Crippen LogP contribution is 2.15. The first-order chi connectivity index (χ1) is 8.85. The number of rotatable bonds is 10. The van der Waals surface area contributed by atoms with Crippen molar-refractivity contribution in [3.63, 3.8) is 0 Å². The van der Waals surface area contributed by atoms with Gasteiger partial charge in [0.25, 0.3) is 0 Å². The summed E-state index contributed by atoms with van der Waals surface area (Å²) in [5.41, 5.74) is 0. The first kappa shape index (κ1) is 18.1. The number of quaternary nitrogens is 1. The van der Waals surface area contributed by atoms with Crippen LogP contribution in [0.4, 0.5) is 0 Å². The highest BCUT2D eigenvalue weighted by molar-refractivity contribution is 5.69. The molecule has 0 spiro atoms. The van der Waals surface area contributed by atoms with Gasteiger partial charge in [-0.2, -0.15) is 0 Å². The van der Waals surface area contributed by atoms with Gasteiger partial charge in [-0.05, 0) is 26.2 Å². The topological polar surface area (TPSA) is 60.4 Å². The fourth-order valence-corrected chi connectivity index (χ4v) is 2.43. The maximum atomic E-state index is 11.2. The molecule has 19 heavy (non-hydrogen) atoms. The van der Waals surface area contributed by atoms with Gasteiger partial charge in [-0.3, -0.25) is 0 Å². The van der Waals surface area contributed by atoms with Gasteiger partial charge in [0.2, 0.25) is 0 Å². The maximum absolute atomic E-state index is 11.2. The van der Waals surface area contributed by atoms with E-state index in [2.05, 4.69) is 6.08 Å². The van der Waals surface area contributed by atoms with E-state index in [9.17, 15) is 15.0 Å². The molecule has 0 heterocycles. The number of hydrogen-bond donors (Lipinski definition) is 1. The third-order valence-electron chi connectivity index (χ3n) is 3.50. The minimum atomic E-state index is -1.02. The standard InChI is InChI=1S/C15H29NO3/c1-5-7-8-9-11-13(17)12-16(3,4)14(10-6-2)15(18)19/h5,7,13-14,17H,6,8-12H2,1-4H3/b7-5+. The Labute approximate surface area is 117 Å². The summed E-state index contributed by atoms with van der Waals surface area (Å²) < 4.78 is 0.279. The minimum absolute atomic E-state index is 0.279. The van der Waals surface area contributed by atoms with E-state index in [1.165, 1.54) is 0 Å². The minimum Gasteiger partial charge on any atom is -0.544 e. The van der Waals surface area contributed by atoms with Crippen molar-refractivity contribution in [2.24, 2.45) is 0 Å². The Morgan fingerprint density at radius 3 is 2.47 bits per heavy atom. The molecule has 0 saturated carbocycles. The highest BCUT2D eigenvalue weighted by atomic mass is 16.4. The van der Waals surface area contributed by atoms with Gasteiger partial charge in [-0.1, -0.05) is 25.5 Å². The molecule has 2 unspecified atom stereocenters.